The van der Waals surface area contributed by atoms with Gasteiger partial charge in [0.1, 0.15) is 0 Å². The van der Waals surface area contributed by atoms with Gasteiger partial charge in [-0.2, -0.15) is 9.40 Å². The van der Waals surface area contributed by atoms with Crippen LogP contribution in [0.3, 0.4) is 0 Å². The number of nitrogens with zero attached hydrogens (tertiary/aromatic N) is 3. The maximum atomic E-state index is 13.1. The smallest absolute Gasteiger partial charge is 0.358 e. The molecule has 1 fully saturated rings. The Kier molecular flexibility index (Phi) is 7.32. The van der Waals surface area contributed by atoms with Crippen LogP contribution in [-0.2, 0) is 14.8 Å². The highest BCUT2D eigenvalue weighted by atomic mass is 32.2. The predicted octanol–water partition coefficient (Wildman–Crippen LogP) is 3.86. The molecule has 1 amide bonds. The predicted molar refractivity (Wildman–Crippen MR) is 131 cm³/mol. The van der Waals surface area contributed by atoms with Gasteiger partial charge in [0.05, 0.1) is 17.2 Å². The minimum absolute atomic E-state index is 0.0621. The molecule has 35 heavy (non-hydrogen) atoms. The Labute approximate surface area is 204 Å². The summed E-state index contributed by atoms with van der Waals surface area (Å²) in [5.41, 5.74) is 1.70. The van der Waals surface area contributed by atoms with Gasteiger partial charge in [0, 0.05) is 30.0 Å². The summed E-state index contributed by atoms with van der Waals surface area (Å²) in [6.45, 7) is 4.40. The van der Waals surface area contributed by atoms with E-state index in [1.165, 1.54) is 21.1 Å². The molecule has 9 nitrogen and oxygen atoms in total. The van der Waals surface area contributed by atoms with Crippen molar-refractivity contribution in [1.29, 1.82) is 0 Å². The lowest BCUT2D eigenvalue weighted by Crippen LogP contribution is -2.41. The molecule has 1 unspecified atom stereocenters. The molecule has 0 radical (unpaired) electrons. The highest BCUT2D eigenvalue weighted by Crippen LogP contribution is 2.26. The summed E-state index contributed by atoms with van der Waals surface area (Å²) in [5, 5.41) is 7.00. The van der Waals surface area contributed by atoms with Gasteiger partial charge in [-0.05, 0) is 75.2 Å². The number of hydrogen-bond donors (Lipinski definition) is 1. The molecule has 1 N–H and O–H groups in total. The summed E-state index contributed by atoms with van der Waals surface area (Å²) in [6.07, 6.45) is 4.33. The maximum Gasteiger partial charge on any atom is 0.358 e. The number of rotatable bonds is 7. The quantitative estimate of drug-likeness (QED) is 0.497. The molecule has 1 aromatic heterocycles. The molecule has 2 aromatic carbocycles. The van der Waals surface area contributed by atoms with Crippen LogP contribution in [0.5, 0.6) is 0 Å². The van der Waals surface area contributed by atoms with E-state index in [-0.39, 0.29) is 28.8 Å². The molecule has 0 spiro atoms. The minimum atomic E-state index is -3.67. The van der Waals surface area contributed by atoms with Crippen LogP contribution in [0.1, 0.15) is 54.0 Å². The van der Waals surface area contributed by atoms with Crippen molar-refractivity contribution in [2.75, 3.05) is 18.5 Å². The molecule has 0 bridgehead atoms. The van der Waals surface area contributed by atoms with Gasteiger partial charge in [0.25, 0.3) is 5.91 Å². The van der Waals surface area contributed by atoms with Crippen molar-refractivity contribution in [1.82, 2.24) is 14.1 Å². The first-order valence-electron chi connectivity index (χ1n) is 11.6. The summed E-state index contributed by atoms with van der Waals surface area (Å²) in [4.78, 5) is 24.8. The monoisotopic (exact) mass is 496 g/mol. The number of anilines is 1. The molecule has 4 rings (SSSR count). The summed E-state index contributed by atoms with van der Waals surface area (Å²) in [6, 6.07) is 14.5. The van der Waals surface area contributed by atoms with E-state index in [9.17, 15) is 18.0 Å². The largest absolute Gasteiger partial charge is 0.461 e. The lowest BCUT2D eigenvalue weighted by Gasteiger charge is -2.32. The van der Waals surface area contributed by atoms with E-state index < -0.39 is 21.9 Å². The van der Waals surface area contributed by atoms with Crippen LogP contribution in [0.2, 0.25) is 0 Å². The highest BCUT2D eigenvalue weighted by molar-refractivity contribution is 7.89. The van der Waals surface area contributed by atoms with E-state index in [1.54, 1.807) is 55.6 Å². The Morgan fingerprint density at radius 2 is 1.89 bits per heavy atom. The normalized spacial score (nSPS) is 16.6. The fourth-order valence-electron chi connectivity index (χ4n) is 4.04. The van der Waals surface area contributed by atoms with Crippen LogP contribution in [0.4, 0.5) is 5.69 Å². The van der Waals surface area contributed by atoms with Gasteiger partial charge in [0.15, 0.2) is 5.69 Å². The van der Waals surface area contributed by atoms with E-state index in [0.29, 0.717) is 17.9 Å². The molecule has 1 aliphatic rings. The second-order valence-corrected chi connectivity index (χ2v) is 10.2. The average Bonchev–Trinajstić information content (AvgIpc) is 3.35. The van der Waals surface area contributed by atoms with Gasteiger partial charge in [-0.1, -0.05) is 12.5 Å². The number of hydrogen-bond acceptors (Lipinski definition) is 6. The van der Waals surface area contributed by atoms with Gasteiger partial charge in [0.2, 0.25) is 10.0 Å². The molecular formula is C25H28N4O5S. The van der Waals surface area contributed by atoms with Gasteiger partial charge in [-0.25, -0.2) is 17.9 Å². The van der Waals surface area contributed by atoms with Crippen LogP contribution in [0.25, 0.3) is 5.69 Å². The summed E-state index contributed by atoms with van der Waals surface area (Å²) < 4.78 is 34.3. The topological polar surface area (TPSA) is 111 Å². The second kappa shape index (κ2) is 10.4. The van der Waals surface area contributed by atoms with E-state index >= 15 is 0 Å². The number of nitrogens with one attached hydrogen (secondary N) is 1. The van der Waals surface area contributed by atoms with Crippen molar-refractivity contribution < 1.29 is 22.7 Å². The molecule has 0 aliphatic carbocycles. The van der Waals surface area contributed by atoms with Crippen LogP contribution in [0, 0.1) is 0 Å². The zero-order valence-electron chi connectivity index (χ0n) is 19.7. The van der Waals surface area contributed by atoms with Crippen molar-refractivity contribution in [2.24, 2.45) is 0 Å². The number of ether oxygens (including phenoxy) is 1. The van der Waals surface area contributed by atoms with Gasteiger partial charge >= 0.3 is 5.97 Å². The zero-order chi connectivity index (χ0) is 25.0. The maximum absolute atomic E-state index is 13.1. The van der Waals surface area contributed by atoms with E-state index in [2.05, 4.69) is 10.4 Å². The number of benzene rings is 2. The van der Waals surface area contributed by atoms with E-state index in [1.807, 2.05) is 6.92 Å². The molecule has 184 valence electrons. The number of aromatic nitrogens is 2. The van der Waals surface area contributed by atoms with Gasteiger partial charge in [-0.15, -0.1) is 0 Å². The Morgan fingerprint density at radius 3 is 2.60 bits per heavy atom. The molecule has 1 aliphatic heterocycles. The standard InChI is InChI=1S/C25H28N4O5S/c1-3-34-25(31)23-14-16-28(27-23)21-12-10-20(11-13-21)26-24(30)19-8-6-9-22(17-19)35(32,33)29-15-5-4-7-18(29)2/h6,8-14,16-18H,3-5,7,15H2,1-2H3,(H,26,30). The average molecular weight is 497 g/mol. The van der Waals surface area contributed by atoms with Crippen molar-refractivity contribution in [3.05, 3.63) is 72.1 Å². The SMILES string of the molecule is CCOC(=O)c1ccn(-c2ccc(NC(=O)c3cccc(S(=O)(=O)N4CCCCC4C)c3)cc2)n1. The number of esters is 1. The lowest BCUT2D eigenvalue weighted by molar-refractivity contribution is 0.0518. The van der Waals surface area contributed by atoms with Crippen molar-refractivity contribution in [3.8, 4) is 5.69 Å². The van der Waals surface area contributed by atoms with Crippen LogP contribution >= 0.6 is 0 Å². The summed E-state index contributed by atoms with van der Waals surface area (Å²) >= 11 is 0. The molecular weight excluding hydrogens is 468 g/mol. The summed E-state index contributed by atoms with van der Waals surface area (Å²) in [5.74, 6) is -0.903. The molecule has 1 saturated heterocycles. The van der Waals surface area contributed by atoms with Crippen LogP contribution < -0.4 is 5.32 Å². The van der Waals surface area contributed by atoms with Crippen LogP contribution in [0.15, 0.2) is 65.7 Å². The third-order valence-corrected chi connectivity index (χ3v) is 7.92. The first-order chi connectivity index (χ1) is 16.8. The molecule has 0 saturated carbocycles. The van der Waals surface area contributed by atoms with Crippen molar-refractivity contribution in [2.45, 2.75) is 44.0 Å². The number of carbonyl (C=O) groups is 2. The zero-order valence-corrected chi connectivity index (χ0v) is 20.5. The second-order valence-electron chi connectivity index (χ2n) is 8.36. The van der Waals surface area contributed by atoms with E-state index in [0.717, 1.165) is 19.3 Å². The first kappa shape index (κ1) is 24.6. The fraction of sp³-hybridized carbons (Fsp3) is 0.320. The summed E-state index contributed by atoms with van der Waals surface area (Å²) in [7, 11) is -3.67. The third-order valence-electron chi connectivity index (χ3n) is 5.91. The minimum Gasteiger partial charge on any atom is -0.461 e. The Bertz CT molecular complexity index is 1320. The fourth-order valence-corrected chi connectivity index (χ4v) is 5.79. The number of carbonyl (C=O) groups excluding carboxylic acids is 2. The highest BCUT2D eigenvalue weighted by Gasteiger charge is 2.31. The number of amides is 1. The Hall–Kier alpha value is -3.50. The molecule has 1 atom stereocenters. The Balaban J connectivity index is 1.46. The van der Waals surface area contributed by atoms with Gasteiger partial charge in [-0.3, -0.25) is 4.79 Å². The Morgan fingerprint density at radius 1 is 1.11 bits per heavy atom. The molecule has 2 heterocycles. The third kappa shape index (κ3) is 5.44. The van der Waals surface area contributed by atoms with E-state index in [4.69, 9.17) is 4.74 Å². The number of piperidine rings is 1. The molecule has 3 aromatic rings. The van der Waals surface area contributed by atoms with Crippen LogP contribution in [-0.4, -0.2) is 53.6 Å². The lowest BCUT2D eigenvalue weighted by atomic mass is 10.1. The van der Waals surface area contributed by atoms with Gasteiger partial charge < -0.3 is 10.1 Å². The van der Waals surface area contributed by atoms with Crippen molar-refractivity contribution >= 4 is 27.6 Å². The van der Waals surface area contributed by atoms with Crippen molar-refractivity contribution in [3.63, 3.8) is 0 Å². The molecule has 10 heteroatoms. The number of sulfonamides is 1. The first-order valence-corrected chi connectivity index (χ1v) is 13.0.